The van der Waals surface area contributed by atoms with Crippen molar-refractivity contribution in [2.24, 2.45) is 0 Å². The van der Waals surface area contributed by atoms with Crippen LogP contribution in [0, 0.1) is 6.92 Å². The molecule has 184 valence electrons. The molecule has 3 aromatic rings. The van der Waals surface area contributed by atoms with Crippen LogP contribution < -0.4 is 25.1 Å². The van der Waals surface area contributed by atoms with Gasteiger partial charge in [0.05, 0.1) is 12.8 Å². The number of Topliss-reactive ketones (excluding diaryl/α,β-unsaturated/α-hetero) is 1. The van der Waals surface area contributed by atoms with E-state index in [-0.39, 0.29) is 28.7 Å². The molecule has 0 bridgehead atoms. The average molecular weight is 479 g/mol. The number of ketones is 1. The zero-order chi connectivity index (χ0) is 25.8. The zero-order valence-corrected chi connectivity index (χ0v) is 21.0. The van der Waals surface area contributed by atoms with Crippen LogP contribution in [0.15, 0.2) is 42.7 Å². The molecular formula is C26H30N4O5. The summed E-state index contributed by atoms with van der Waals surface area (Å²) in [6.07, 6.45) is 1.26. The Bertz CT molecular complexity index is 1250. The number of carbonyl (C=O) groups excluding carboxylic acids is 2. The Hall–Kier alpha value is -3.98. The van der Waals surface area contributed by atoms with E-state index in [1.54, 1.807) is 25.2 Å². The molecule has 0 fully saturated rings. The predicted octanol–water partition coefficient (Wildman–Crippen LogP) is 4.85. The zero-order valence-electron chi connectivity index (χ0n) is 21.0. The van der Waals surface area contributed by atoms with Crippen LogP contribution in [0.25, 0.3) is 0 Å². The maximum Gasteiger partial charge on any atom is 0.255 e. The van der Waals surface area contributed by atoms with Crippen LogP contribution in [0.5, 0.6) is 23.1 Å². The van der Waals surface area contributed by atoms with Crippen LogP contribution in [0.2, 0.25) is 0 Å². The number of aryl methyl sites for hydroxylation is 1. The van der Waals surface area contributed by atoms with Gasteiger partial charge in [-0.3, -0.25) is 9.59 Å². The van der Waals surface area contributed by atoms with Crippen molar-refractivity contribution >= 4 is 17.4 Å². The number of ether oxygens (including phenoxy) is 2. The Labute approximate surface area is 204 Å². The maximum atomic E-state index is 13.2. The quantitative estimate of drug-likeness (QED) is 0.349. The fraction of sp³-hybridized carbons (Fsp3) is 0.308. The van der Waals surface area contributed by atoms with Crippen LogP contribution in [0.3, 0.4) is 0 Å². The SMILES string of the molecule is CNOc1cc(C(C)(C)C)cc(NC(=O)c2ccc(C)c(Oc3cc(C(C)=O)ncn3)c2)c1OC. The number of hydrogen-bond donors (Lipinski definition) is 2. The molecule has 2 aromatic carbocycles. The van der Waals surface area contributed by atoms with Crippen LogP contribution in [-0.4, -0.2) is 35.8 Å². The highest BCUT2D eigenvalue weighted by Gasteiger charge is 2.22. The molecule has 1 aromatic heterocycles. The standard InChI is InChI=1S/C26H30N4O5/c1-15-8-9-17(10-21(15)34-23-13-19(16(2)31)28-14-29-23)25(32)30-20-11-18(26(3,4)5)12-22(35-27-6)24(20)33-7/h8-14,27H,1-7H3,(H,30,32). The summed E-state index contributed by atoms with van der Waals surface area (Å²) in [5, 5.41) is 2.93. The summed E-state index contributed by atoms with van der Waals surface area (Å²) in [7, 11) is 3.16. The van der Waals surface area contributed by atoms with E-state index in [9.17, 15) is 9.59 Å². The Morgan fingerprint density at radius 1 is 1.00 bits per heavy atom. The lowest BCUT2D eigenvalue weighted by atomic mass is 9.86. The van der Waals surface area contributed by atoms with E-state index in [0.717, 1.165) is 11.1 Å². The molecule has 0 aliphatic carbocycles. The Morgan fingerprint density at radius 3 is 2.37 bits per heavy atom. The summed E-state index contributed by atoms with van der Waals surface area (Å²) in [6, 6.07) is 10.3. The van der Waals surface area contributed by atoms with Gasteiger partial charge >= 0.3 is 0 Å². The number of methoxy groups -OCH3 is 1. The van der Waals surface area contributed by atoms with Gasteiger partial charge in [-0.1, -0.05) is 26.8 Å². The molecule has 2 N–H and O–H groups in total. The molecule has 9 heteroatoms. The number of hydroxylamine groups is 1. The molecule has 0 saturated carbocycles. The number of benzene rings is 2. The lowest BCUT2D eigenvalue weighted by molar-refractivity contribution is 0.100. The molecule has 0 aliphatic rings. The van der Waals surface area contributed by atoms with Crippen molar-refractivity contribution in [2.75, 3.05) is 19.5 Å². The second-order valence-electron chi connectivity index (χ2n) is 8.95. The highest BCUT2D eigenvalue weighted by Crippen LogP contribution is 2.40. The molecular weight excluding hydrogens is 448 g/mol. The van der Waals surface area contributed by atoms with Gasteiger partial charge in [0.1, 0.15) is 17.8 Å². The van der Waals surface area contributed by atoms with Crippen molar-refractivity contribution in [3.8, 4) is 23.1 Å². The van der Waals surface area contributed by atoms with Crippen LogP contribution in [-0.2, 0) is 5.41 Å². The first-order valence-corrected chi connectivity index (χ1v) is 11.0. The van der Waals surface area contributed by atoms with Crippen molar-refractivity contribution in [2.45, 2.75) is 40.0 Å². The molecule has 1 heterocycles. The molecule has 3 rings (SSSR count). The van der Waals surface area contributed by atoms with Gasteiger partial charge in [0.2, 0.25) is 5.88 Å². The van der Waals surface area contributed by atoms with Crippen LogP contribution >= 0.6 is 0 Å². The van der Waals surface area contributed by atoms with Crippen molar-refractivity contribution < 1.29 is 23.9 Å². The summed E-state index contributed by atoms with van der Waals surface area (Å²) in [6.45, 7) is 9.47. The lowest BCUT2D eigenvalue weighted by Gasteiger charge is -2.23. The fourth-order valence-corrected chi connectivity index (χ4v) is 3.27. The van der Waals surface area contributed by atoms with Gasteiger partial charge in [-0.25, -0.2) is 9.97 Å². The average Bonchev–Trinajstić information content (AvgIpc) is 2.80. The van der Waals surface area contributed by atoms with Crippen molar-refractivity contribution in [3.63, 3.8) is 0 Å². The lowest BCUT2D eigenvalue weighted by Crippen LogP contribution is -2.18. The third-order valence-electron chi connectivity index (χ3n) is 5.25. The molecule has 9 nitrogen and oxygen atoms in total. The monoisotopic (exact) mass is 478 g/mol. The van der Waals surface area contributed by atoms with Gasteiger partial charge in [-0.2, -0.15) is 5.48 Å². The molecule has 1 amide bonds. The third kappa shape index (κ3) is 6.13. The highest BCUT2D eigenvalue weighted by atomic mass is 16.7. The first kappa shape index (κ1) is 25.6. The molecule has 0 saturated heterocycles. The Kier molecular flexibility index (Phi) is 7.71. The van der Waals surface area contributed by atoms with E-state index in [1.807, 2.05) is 19.1 Å². The Morgan fingerprint density at radius 2 is 1.74 bits per heavy atom. The minimum absolute atomic E-state index is 0.196. The second kappa shape index (κ2) is 10.5. The highest BCUT2D eigenvalue weighted by molar-refractivity contribution is 6.05. The number of carbonyl (C=O) groups is 2. The maximum absolute atomic E-state index is 13.2. The number of anilines is 1. The summed E-state index contributed by atoms with van der Waals surface area (Å²) < 4.78 is 11.4. The van der Waals surface area contributed by atoms with Gasteiger partial charge in [-0.05, 0) is 47.7 Å². The summed E-state index contributed by atoms with van der Waals surface area (Å²) in [4.78, 5) is 38.4. The number of nitrogens with one attached hydrogen (secondary N) is 2. The normalized spacial score (nSPS) is 11.1. The van der Waals surface area contributed by atoms with Crippen LogP contribution in [0.4, 0.5) is 5.69 Å². The van der Waals surface area contributed by atoms with Gasteiger partial charge in [0, 0.05) is 25.6 Å². The van der Waals surface area contributed by atoms with Gasteiger partial charge < -0.3 is 19.6 Å². The van der Waals surface area contributed by atoms with Crippen molar-refractivity contribution in [1.29, 1.82) is 0 Å². The van der Waals surface area contributed by atoms with Gasteiger partial charge in [0.25, 0.3) is 5.91 Å². The minimum atomic E-state index is -0.360. The van der Waals surface area contributed by atoms with Crippen molar-refractivity contribution in [3.05, 3.63) is 65.1 Å². The first-order valence-electron chi connectivity index (χ1n) is 11.0. The topological polar surface area (TPSA) is 112 Å². The third-order valence-corrected chi connectivity index (χ3v) is 5.25. The molecule has 35 heavy (non-hydrogen) atoms. The molecule has 0 radical (unpaired) electrons. The fourth-order valence-electron chi connectivity index (χ4n) is 3.27. The van der Waals surface area contributed by atoms with E-state index in [1.165, 1.54) is 26.4 Å². The van der Waals surface area contributed by atoms with E-state index >= 15 is 0 Å². The number of amides is 1. The largest absolute Gasteiger partial charge is 0.491 e. The summed E-state index contributed by atoms with van der Waals surface area (Å²) in [5.74, 6) is 0.925. The van der Waals surface area contributed by atoms with Gasteiger partial charge in [0.15, 0.2) is 17.3 Å². The first-order chi connectivity index (χ1) is 16.5. The molecule has 0 aliphatic heterocycles. The van der Waals surface area contributed by atoms with Crippen molar-refractivity contribution in [1.82, 2.24) is 15.4 Å². The molecule has 0 spiro atoms. The summed E-state index contributed by atoms with van der Waals surface area (Å²) >= 11 is 0. The van der Waals surface area contributed by atoms with Gasteiger partial charge in [-0.15, -0.1) is 0 Å². The number of aromatic nitrogens is 2. The molecule has 0 atom stereocenters. The Balaban J connectivity index is 1.94. The van der Waals surface area contributed by atoms with E-state index in [4.69, 9.17) is 14.3 Å². The second-order valence-corrected chi connectivity index (χ2v) is 8.95. The van der Waals surface area contributed by atoms with Crippen LogP contribution in [0.1, 0.15) is 59.7 Å². The number of hydrogen-bond acceptors (Lipinski definition) is 8. The van der Waals surface area contributed by atoms with E-state index in [0.29, 0.717) is 28.5 Å². The predicted molar refractivity (Wildman–Crippen MR) is 133 cm³/mol. The van der Waals surface area contributed by atoms with E-state index in [2.05, 4.69) is 41.5 Å². The minimum Gasteiger partial charge on any atom is -0.491 e. The number of nitrogens with zero attached hydrogens (tertiary/aromatic N) is 2. The number of rotatable bonds is 8. The van der Waals surface area contributed by atoms with E-state index < -0.39 is 0 Å². The molecule has 0 unspecified atom stereocenters. The smallest absolute Gasteiger partial charge is 0.255 e. The summed E-state index contributed by atoms with van der Waals surface area (Å²) in [5.41, 5.74) is 5.29.